The molecule has 0 aromatic carbocycles. The lowest BCUT2D eigenvalue weighted by molar-refractivity contribution is 0.00413. The van der Waals surface area contributed by atoms with E-state index in [0.29, 0.717) is 6.61 Å². The predicted molar refractivity (Wildman–Crippen MR) is 105 cm³/mol. The molecular weight excluding hydrogens is 378 g/mol. The van der Waals surface area contributed by atoms with E-state index in [-0.39, 0.29) is 40.8 Å². The van der Waals surface area contributed by atoms with E-state index in [0.717, 1.165) is 0 Å². The second-order valence-electron chi connectivity index (χ2n) is 9.03. The third-order valence-electron chi connectivity index (χ3n) is 4.03. The van der Waals surface area contributed by atoms with E-state index in [1.807, 2.05) is 6.92 Å². The van der Waals surface area contributed by atoms with Gasteiger partial charge in [0.15, 0.2) is 17.0 Å². The second kappa shape index (κ2) is 6.94. The number of hydrogen-bond donors (Lipinski definition) is 1. The normalized spacial score (nSPS) is 17.8. The Morgan fingerprint density at radius 1 is 1.07 bits per heavy atom. The highest BCUT2D eigenvalue weighted by atomic mass is 16.6. The van der Waals surface area contributed by atoms with Crippen molar-refractivity contribution in [1.29, 1.82) is 0 Å². The lowest BCUT2D eigenvalue weighted by Crippen LogP contribution is -2.27. The molecule has 2 aromatic heterocycles. The van der Waals surface area contributed by atoms with Gasteiger partial charge in [-0.2, -0.15) is 0 Å². The van der Waals surface area contributed by atoms with E-state index >= 15 is 0 Å². The molecule has 1 aliphatic rings. The Balaban J connectivity index is 2.14. The Labute approximate surface area is 168 Å². The number of hydrogen-bond acceptors (Lipinski definition) is 9. The topological polar surface area (TPSA) is 135 Å². The summed E-state index contributed by atoms with van der Waals surface area (Å²) >= 11 is 0. The zero-order chi connectivity index (χ0) is 21.7. The molecule has 10 heteroatoms. The average Bonchev–Trinajstić information content (AvgIpc) is 3.31. The van der Waals surface area contributed by atoms with Gasteiger partial charge < -0.3 is 19.9 Å². The van der Waals surface area contributed by atoms with Crippen molar-refractivity contribution < 1.29 is 23.8 Å². The van der Waals surface area contributed by atoms with Crippen LogP contribution in [-0.2, 0) is 14.2 Å². The first-order valence-corrected chi connectivity index (χ1v) is 9.40. The van der Waals surface area contributed by atoms with Gasteiger partial charge in [0.2, 0.25) is 11.6 Å². The van der Waals surface area contributed by atoms with Gasteiger partial charge in [0.1, 0.15) is 17.3 Å². The van der Waals surface area contributed by atoms with Gasteiger partial charge in [-0.05, 0) is 48.5 Å². The third-order valence-corrected chi connectivity index (χ3v) is 4.03. The van der Waals surface area contributed by atoms with Crippen LogP contribution < -0.4 is 5.73 Å². The van der Waals surface area contributed by atoms with Crippen molar-refractivity contribution in [3.05, 3.63) is 11.6 Å². The van der Waals surface area contributed by atoms with Gasteiger partial charge in [0.05, 0.1) is 12.6 Å². The Morgan fingerprint density at radius 2 is 1.62 bits per heavy atom. The Bertz CT molecular complexity index is 966. The molecule has 29 heavy (non-hydrogen) atoms. The number of carbonyl (C=O) groups is 2. The Hall–Kier alpha value is -2.75. The van der Waals surface area contributed by atoms with Crippen molar-refractivity contribution in [2.75, 3.05) is 12.3 Å². The number of carbonyl (C=O) groups excluding carboxylic acids is 2. The molecule has 1 unspecified atom stereocenters. The van der Waals surface area contributed by atoms with Crippen LogP contribution in [0, 0.1) is 0 Å². The fourth-order valence-electron chi connectivity index (χ4n) is 2.76. The zero-order valence-electron chi connectivity index (χ0n) is 17.8. The summed E-state index contributed by atoms with van der Waals surface area (Å²) in [5.41, 5.74) is 5.08. The highest BCUT2D eigenvalue weighted by molar-refractivity contribution is 5.95. The highest BCUT2D eigenvalue weighted by Crippen LogP contribution is 2.31. The summed E-state index contributed by atoms with van der Waals surface area (Å²) in [6.45, 7) is 12.9. The van der Waals surface area contributed by atoms with Crippen LogP contribution >= 0.6 is 0 Å². The number of rotatable bonds is 4. The van der Waals surface area contributed by atoms with Crippen molar-refractivity contribution in [2.45, 2.75) is 71.8 Å². The first-order valence-electron chi connectivity index (χ1n) is 9.40. The fourth-order valence-corrected chi connectivity index (χ4v) is 2.76. The van der Waals surface area contributed by atoms with Crippen molar-refractivity contribution in [3.8, 4) is 0 Å². The summed E-state index contributed by atoms with van der Waals surface area (Å²) in [5.74, 6) is -1.54. The summed E-state index contributed by atoms with van der Waals surface area (Å²) in [6, 6.07) is -0.275. The van der Waals surface area contributed by atoms with Crippen LogP contribution in [0.2, 0.25) is 0 Å². The maximum atomic E-state index is 12.8. The van der Waals surface area contributed by atoms with Crippen LogP contribution in [0.3, 0.4) is 0 Å². The first kappa shape index (κ1) is 21.0. The number of nitrogens with two attached hydrogens (primary N) is 1. The van der Waals surface area contributed by atoms with Crippen molar-refractivity contribution in [1.82, 2.24) is 19.5 Å². The SMILES string of the molecule is CC([C@H]1CO1)n1c(C(=O)OC(C)(C)C)nc2c(N)nc(C(=O)OC(C)(C)C)nc21. The molecule has 158 valence electrons. The number of esters is 2. The molecule has 0 radical (unpaired) electrons. The molecule has 3 heterocycles. The second-order valence-corrected chi connectivity index (χ2v) is 9.03. The van der Waals surface area contributed by atoms with Gasteiger partial charge >= 0.3 is 11.9 Å². The van der Waals surface area contributed by atoms with Crippen LogP contribution in [0.15, 0.2) is 0 Å². The highest BCUT2D eigenvalue weighted by Gasteiger charge is 2.37. The molecule has 1 saturated heterocycles. The van der Waals surface area contributed by atoms with Crippen LogP contribution in [0.5, 0.6) is 0 Å². The monoisotopic (exact) mass is 405 g/mol. The van der Waals surface area contributed by atoms with Crippen molar-refractivity contribution in [2.24, 2.45) is 0 Å². The standard InChI is InChI=1S/C19H27N5O5/c1-9(10-8-27-10)24-14-11(21-15(24)17(26)29-19(5,6)7)12(20)22-13(23-14)16(25)28-18(2,3)4/h9-10H,8H2,1-7H3,(H2,20,22,23)/t9?,10-/m1/s1. The molecule has 2 aromatic rings. The average molecular weight is 405 g/mol. The van der Waals surface area contributed by atoms with E-state index in [9.17, 15) is 9.59 Å². The van der Waals surface area contributed by atoms with Gasteiger partial charge in [-0.1, -0.05) is 0 Å². The number of ether oxygens (including phenoxy) is 3. The molecule has 0 spiro atoms. The minimum absolute atomic E-state index is 0.0247. The molecule has 0 bridgehead atoms. The molecular formula is C19H27N5O5. The molecule has 2 N–H and O–H groups in total. The van der Waals surface area contributed by atoms with Gasteiger partial charge in [0.25, 0.3) is 0 Å². The van der Waals surface area contributed by atoms with E-state index in [2.05, 4.69) is 15.0 Å². The summed E-state index contributed by atoms with van der Waals surface area (Å²) in [4.78, 5) is 37.9. The molecule has 0 amide bonds. The van der Waals surface area contributed by atoms with E-state index in [1.54, 1.807) is 46.1 Å². The number of fused-ring (bicyclic) bond motifs is 1. The minimum atomic E-state index is -0.721. The quantitative estimate of drug-likeness (QED) is 0.600. The first-order chi connectivity index (χ1) is 13.3. The van der Waals surface area contributed by atoms with E-state index < -0.39 is 23.1 Å². The van der Waals surface area contributed by atoms with Gasteiger partial charge in [-0.15, -0.1) is 0 Å². The predicted octanol–water partition coefficient (Wildman–Crippen LogP) is 2.28. The van der Waals surface area contributed by atoms with Crippen molar-refractivity contribution >= 4 is 28.9 Å². The van der Waals surface area contributed by atoms with Crippen LogP contribution in [-0.4, -0.2) is 55.4 Å². The molecule has 0 saturated carbocycles. The van der Waals surface area contributed by atoms with Crippen LogP contribution in [0.4, 0.5) is 5.82 Å². The Morgan fingerprint density at radius 3 is 2.14 bits per heavy atom. The summed E-state index contributed by atoms with van der Waals surface area (Å²) in [7, 11) is 0. The number of aromatic nitrogens is 4. The van der Waals surface area contributed by atoms with Crippen LogP contribution in [0.1, 0.15) is 75.7 Å². The van der Waals surface area contributed by atoms with Crippen LogP contribution in [0.25, 0.3) is 11.2 Å². The van der Waals surface area contributed by atoms with Gasteiger partial charge in [0, 0.05) is 0 Å². The van der Waals surface area contributed by atoms with E-state index in [1.165, 1.54) is 0 Å². The number of anilines is 1. The van der Waals surface area contributed by atoms with Crippen molar-refractivity contribution in [3.63, 3.8) is 0 Å². The number of nitrogens with zero attached hydrogens (tertiary/aromatic N) is 4. The molecule has 2 atom stereocenters. The minimum Gasteiger partial charge on any atom is -0.454 e. The molecule has 10 nitrogen and oxygen atoms in total. The van der Waals surface area contributed by atoms with E-state index in [4.69, 9.17) is 19.9 Å². The van der Waals surface area contributed by atoms with Gasteiger partial charge in [-0.25, -0.2) is 24.5 Å². The number of imidazole rings is 1. The fraction of sp³-hybridized carbons (Fsp3) is 0.632. The summed E-state index contributed by atoms with van der Waals surface area (Å²) in [6.07, 6.45) is -0.102. The number of nitrogen functional groups attached to an aromatic ring is 1. The lowest BCUT2D eigenvalue weighted by atomic mass is 10.2. The maximum absolute atomic E-state index is 12.8. The molecule has 3 rings (SSSR count). The molecule has 1 fully saturated rings. The summed E-state index contributed by atoms with van der Waals surface area (Å²) < 4.78 is 17.8. The third kappa shape index (κ3) is 4.64. The smallest absolute Gasteiger partial charge is 0.377 e. The lowest BCUT2D eigenvalue weighted by Gasteiger charge is -2.21. The summed E-state index contributed by atoms with van der Waals surface area (Å²) in [5, 5.41) is 0. The molecule has 1 aliphatic heterocycles. The maximum Gasteiger partial charge on any atom is 0.377 e. The largest absolute Gasteiger partial charge is 0.454 e. The Kier molecular flexibility index (Phi) is 5.02. The van der Waals surface area contributed by atoms with Gasteiger partial charge in [-0.3, -0.25) is 4.57 Å². The number of epoxide rings is 1. The zero-order valence-corrected chi connectivity index (χ0v) is 17.8. The molecule has 0 aliphatic carbocycles.